The number of rotatable bonds is 6. The zero-order valence-electron chi connectivity index (χ0n) is 8.48. The summed E-state index contributed by atoms with van der Waals surface area (Å²) in [5.74, 6) is -2.03. The van der Waals surface area contributed by atoms with E-state index in [-0.39, 0.29) is 17.4 Å². The third-order valence-corrected chi connectivity index (χ3v) is 2.31. The first-order chi connectivity index (χ1) is 6.97. The molecule has 0 heterocycles. The molecular formula is C8H13NO5S. The fraction of sp³-hybridized carbons (Fsp3) is 0.625. The van der Waals surface area contributed by atoms with Crippen molar-refractivity contribution in [1.82, 2.24) is 5.32 Å². The molecule has 15 heavy (non-hydrogen) atoms. The van der Waals surface area contributed by atoms with E-state index in [1.807, 2.05) is 0 Å². The van der Waals surface area contributed by atoms with Gasteiger partial charge >= 0.3 is 11.9 Å². The zero-order valence-corrected chi connectivity index (χ0v) is 9.30. The Hall–Kier alpha value is -1.24. The van der Waals surface area contributed by atoms with E-state index in [9.17, 15) is 14.4 Å². The maximum Gasteiger partial charge on any atom is 0.328 e. The van der Waals surface area contributed by atoms with Crippen molar-refractivity contribution in [1.29, 1.82) is 0 Å². The number of carboxylic acids is 1. The van der Waals surface area contributed by atoms with Gasteiger partial charge in [-0.3, -0.25) is 9.59 Å². The van der Waals surface area contributed by atoms with E-state index in [1.165, 1.54) is 14.0 Å². The van der Waals surface area contributed by atoms with Gasteiger partial charge in [-0.2, -0.15) is 0 Å². The van der Waals surface area contributed by atoms with Crippen LogP contribution in [0.15, 0.2) is 0 Å². The van der Waals surface area contributed by atoms with E-state index in [2.05, 4.69) is 10.1 Å². The molecule has 2 N–H and O–H groups in total. The van der Waals surface area contributed by atoms with Gasteiger partial charge < -0.3 is 15.2 Å². The predicted molar refractivity (Wildman–Crippen MR) is 54.6 cm³/mol. The summed E-state index contributed by atoms with van der Waals surface area (Å²) in [4.78, 5) is 32.1. The average Bonchev–Trinajstić information content (AvgIpc) is 2.15. The third kappa shape index (κ3) is 6.78. The quantitative estimate of drug-likeness (QED) is 0.602. The molecule has 1 unspecified atom stereocenters. The highest BCUT2D eigenvalue weighted by molar-refractivity contribution is 8.00. The Labute approximate surface area is 91.4 Å². The molecular weight excluding hydrogens is 222 g/mol. The summed E-state index contributed by atoms with van der Waals surface area (Å²) in [6, 6.07) is -0.715. The van der Waals surface area contributed by atoms with Crippen LogP contribution in [0.5, 0.6) is 0 Å². The minimum atomic E-state index is -0.978. The second-order valence-electron chi connectivity index (χ2n) is 2.70. The maximum absolute atomic E-state index is 11.1. The highest BCUT2D eigenvalue weighted by atomic mass is 32.2. The van der Waals surface area contributed by atoms with Gasteiger partial charge in [0.1, 0.15) is 6.04 Å². The Morgan fingerprint density at radius 3 is 2.47 bits per heavy atom. The largest absolute Gasteiger partial charge is 0.481 e. The van der Waals surface area contributed by atoms with Crippen molar-refractivity contribution in [3.8, 4) is 0 Å². The van der Waals surface area contributed by atoms with E-state index in [0.29, 0.717) is 0 Å². The third-order valence-electron chi connectivity index (χ3n) is 1.39. The highest BCUT2D eigenvalue weighted by Crippen LogP contribution is 1.98. The summed E-state index contributed by atoms with van der Waals surface area (Å²) in [5, 5.41) is 10.7. The lowest BCUT2D eigenvalue weighted by Gasteiger charge is -2.10. The van der Waals surface area contributed by atoms with Gasteiger partial charge in [0.25, 0.3) is 0 Å². The number of esters is 1. The van der Waals surface area contributed by atoms with Crippen LogP contribution in [0.25, 0.3) is 0 Å². The van der Waals surface area contributed by atoms with Crippen molar-refractivity contribution in [2.75, 3.05) is 18.6 Å². The number of carbonyl (C=O) groups excluding carboxylic acids is 2. The molecule has 0 fully saturated rings. The van der Waals surface area contributed by atoms with Crippen LogP contribution in [0.2, 0.25) is 0 Å². The first-order valence-electron chi connectivity index (χ1n) is 4.14. The summed E-state index contributed by atoms with van der Waals surface area (Å²) in [7, 11) is 1.23. The zero-order chi connectivity index (χ0) is 11.8. The number of carbonyl (C=O) groups is 3. The maximum atomic E-state index is 11.1. The molecule has 0 aromatic heterocycles. The van der Waals surface area contributed by atoms with E-state index >= 15 is 0 Å². The Balaban J connectivity index is 3.74. The number of hydrogen-bond donors (Lipinski definition) is 2. The molecule has 7 heteroatoms. The van der Waals surface area contributed by atoms with Crippen LogP contribution in [-0.4, -0.2) is 47.6 Å². The molecule has 0 aromatic carbocycles. The fourth-order valence-corrected chi connectivity index (χ4v) is 1.30. The van der Waals surface area contributed by atoms with Gasteiger partial charge in [-0.15, -0.1) is 11.8 Å². The lowest BCUT2D eigenvalue weighted by molar-refractivity contribution is -0.144. The van der Waals surface area contributed by atoms with Crippen LogP contribution in [0.3, 0.4) is 0 Å². The second kappa shape index (κ2) is 7.10. The SMILES string of the molecule is COC(=O)C(C)NC(=O)CSCC(=O)O. The first-order valence-corrected chi connectivity index (χ1v) is 5.29. The van der Waals surface area contributed by atoms with E-state index in [1.54, 1.807) is 0 Å². The van der Waals surface area contributed by atoms with Crippen LogP contribution in [-0.2, 0) is 19.1 Å². The van der Waals surface area contributed by atoms with Gasteiger partial charge in [-0.25, -0.2) is 4.79 Å². The van der Waals surface area contributed by atoms with Crippen molar-refractivity contribution in [3.05, 3.63) is 0 Å². The minimum absolute atomic E-state index is 0.00757. The Kier molecular flexibility index (Phi) is 6.52. The lowest BCUT2D eigenvalue weighted by Crippen LogP contribution is -2.40. The van der Waals surface area contributed by atoms with Crippen molar-refractivity contribution in [3.63, 3.8) is 0 Å². The van der Waals surface area contributed by atoms with Crippen LogP contribution in [0, 0.1) is 0 Å². The molecule has 0 aliphatic heterocycles. The number of nitrogens with one attached hydrogen (secondary N) is 1. The van der Waals surface area contributed by atoms with E-state index in [4.69, 9.17) is 5.11 Å². The van der Waals surface area contributed by atoms with Gasteiger partial charge in [0, 0.05) is 0 Å². The average molecular weight is 235 g/mol. The number of aliphatic carboxylic acids is 1. The van der Waals surface area contributed by atoms with Gasteiger partial charge in [-0.05, 0) is 6.92 Å². The Bertz CT molecular complexity index is 255. The predicted octanol–water partition coefficient (Wildman–Crippen LogP) is -0.518. The minimum Gasteiger partial charge on any atom is -0.481 e. The van der Waals surface area contributed by atoms with Crippen molar-refractivity contribution in [2.24, 2.45) is 0 Å². The molecule has 6 nitrogen and oxygen atoms in total. The molecule has 86 valence electrons. The number of methoxy groups -OCH3 is 1. The monoisotopic (exact) mass is 235 g/mol. The molecule has 0 bridgehead atoms. The molecule has 1 atom stereocenters. The van der Waals surface area contributed by atoms with Crippen molar-refractivity contribution >= 4 is 29.6 Å². The van der Waals surface area contributed by atoms with Crippen molar-refractivity contribution < 1.29 is 24.2 Å². The second-order valence-corrected chi connectivity index (χ2v) is 3.68. The van der Waals surface area contributed by atoms with Gasteiger partial charge in [0.15, 0.2) is 0 Å². The molecule has 0 aliphatic rings. The van der Waals surface area contributed by atoms with Gasteiger partial charge in [-0.1, -0.05) is 0 Å². The van der Waals surface area contributed by atoms with Crippen LogP contribution >= 0.6 is 11.8 Å². The van der Waals surface area contributed by atoms with Crippen LogP contribution < -0.4 is 5.32 Å². The lowest BCUT2D eigenvalue weighted by atomic mass is 10.3. The number of hydrogen-bond acceptors (Lipinski definition) is 5. The molecule has 0 rings (SSSR count). The first kappa shape index (κ1) is 13.8. The summed E-state index contributed by atoms with van der Waals surface area (Å²) in [6.07, 6.45) is 0. The normalized spacial score (nSPS) is 11.6. The molecule has 1 amide bonds. The summed E-state index contributed by atoms with van der Waals surface area (Å²) in [5.41, 5.74) is 0. The summed E-state index contributed by atoms with van der Waals surface area (Å²) < 4.78 is 4.40. The van der Waals surface area contributed by atoms with Crippen LogP contribution in [0.1, 0.15) is 6.92 Å². The standard InChI is InChI=1S/C8H13NO5S/c1-5(8(13)14-2)9-6(10)3-15-4-7(11)12/h5H,3-4H2,1-2H3,(H,9,10)(H,11,12). The molecule has 0 aliphatic carbocycles. The van der Waals surface area contributed by atoms with Crippen molar-refractivity contribution in [2.45, 2.75) is 13.0 Å². The van der Waals surface area contributed by atoms with Gasteiger partial charge in [0.2, 0.25) is 5.91 Å². The number of ether oxygens (including phenoxy) is 1. The Morgan fingerprint density at radius 2 is 2.00 bits per heavy atom. The smallest absolute Gasteiger partial charge is 0.328 e. The number of carboxylic acid groups (broad SMARTS) is 1. The topological polar surface area (TPSA) is 92.7 Å². The molecule has 0 aromatic rings. The summed E-state index contributed by atoms with van der Waals surface area (Å²) >= 11 is 0.967. The van der Waals surface area contributed by atoms with Crippen LogP contribution in [0.4, 0.5) is 0 Å². The fourth-order valence-electron chi connectivity index (χ4n) is 0.750. The van der Waals surface area contributed by atoms with E-state index < -0.39 is 18.0 Å². The molecule has 0 saturated carbocycles. The van der Waals surface area contributed by atoms with E-state index in [0.717, 1.165) is 11.8 Å². The molecule has 0 saturated heterocycles. The Morgan fingerprint density at radius 1 is 1.40 bits per heavy atom. The number of amides is 1. The number of thioether (sulfide) groups is 1. The molecule has 0 radical (unpaired) electrons. The highest BCUT2D eigenvalue weighted by Gasteiger charge is 2.15. The molecule has 0 spiro atoms. The summed E-state index contributed by atoms with van der Waals surface area (Å²) in [6.45, 7) is 1.49. The van der Waals surface area contributed by atoms with Gasteiger partial charge in [0.05, 0.1) is 18.6 Å².